The van der Waals surface area contributed by atoms with Crippen LogP contribution in [-0.2, 0) is 16.1 Å². The molecule has 21 heavy (non-hydrogen) atoms. The fourth-order valence-corrected chi connectivity index (χ4v) is 2.70. The van der Waals surface area contributed by atoms with Gasteiger partial charge < -0.3 is 10.1 Å². The number of hydrogen-bond acceptors (Lipinski definition) is 3. The monoisotopic (exact) mass is 294 g/mol. The van der Waals surface area contributed by atoms with E-state index in [4.69, 9.17) is 4.74 Å². The van der Waals surface area contributed by atoms with E-state index in [1.807, 2.05) is 6.07 Å². The molecule has 5 heteroatoms. The second-order valence-electron chi connectivity index (χ2n) is 5.45. The normalized spacial score (nSPS) is 19.4. The van der Waals surface area contributed by atoms with E-state index >= 15 is 0 Å². The molecule has 2 rings (SSSR count). The molecular formula is C16H23FN2O2. The number of halogens is 1. The minimum Gasteiger partial charge on any atom is -0.383 e. The van der Waals surface area contributed by atoms with Crippen molar-refractivity contribution in [3.63, 3.8) is 0 Å². The zero-order valence-electron chi connectivity index (χ0n) is 12.5. The molecule has 1 saturated heterocycles. The minimum absolute atomic E-state index is 0.0117. The third-order valence-electron chi connectivity index (χ3n) is 3.83. The summed E-state index contributed by atoms with van der Waals surface area (Å²) in [6.07, 6.45) is 1.86. The lowest BCUT2D eigenvalue weighted by molar-refractivity contribution is -0.127. The van der Waals surface area contributed by atoms with E-state index in [1.165, 1.54) is 6.07 Å². The van der Waals surface area contributed by atoms with Crippen molar-refractivity contribution in [2.75, 3.05) is 33.4 Å². The van der Waals surface area contributed by atoms with Gasteiger partial charge in [-0.15, -0.1) is 0 Å². The molecular weight excluding hydrogens is 271 g/mol. The molecule has 1 amide bonds. The summed E-state index contributed by atoms with van der Waals surface area (Å²) in [4.78, 5) is 14.2. The fraction of sp³-hybridized carbons (Fsp3) is 0.562. The zero-order valence-corrected chi connectivity index (χ0v) is 12.5. The Balaban J connectivity index is 1.86. The molecule has 0 saturated carbocycles. The van der Waals surface area contributed by atoms with Gasteiger partial charge in [0.1, 0.15) is 5.82 Å². The number of carbonyl (C=O) groups excluding carboxylic acids is 1. The van der Waals surface area contributed by atoms with E-state index < -0.39 is 0 Å². The molecule has 1 aromatic carbocycles. The van der Waals surface area contributed by atoms with Crippen molar-refractivity contribution in [2.45, 2.75) is 19.4 Å². The number of rotatable bonds is 6. The van der Waals surface area contributed by atoms with Crippen LogP contribution in [0.1, 0.15) is 18.4 Å². The van der Waals surface area contributed by atoms with Crippen LogP contribution in [0.3, 0.4) is 0 Å². The van der Waals surface area contributed by atoms with Crippen molar-refractivity contribution < 1.29 is 13.9 Å². The van der Waals surface area contributed by atoms with Gasteiger partial charge in [0.25, 0.3) is 0 Å². The summed E-state index contributed by atoms with van der Waals surface area (Å²) in [5.41, 5.74) is 0.693. The van der Waals surface area contributed by atoms with Gasteiger partial charge in [-0.25, -0.2) is 4.39 Å². The molecule has 0 aromatic heterocycles. The number of methoxy groups -OCH3 is 1. The van der Waals surface area contributed by atoms with Gasteiger partial charge in [0.15, 0.2) is 0 Å². The number of likely N-dealkylation sites (tertiary alicyclic amines) is 1. The van der Waals surface area contributed by atoms with Crippen LogP contribution in [-0.4, -0.2) is 44.2 Å². The van der Waals surface area contributed by atoms with Crippen LogP contribution in [0.4, 0.5) is 4.39 Å². The highest BCUT2D eigenvalue weighted by Crippen LogP contribution is 2.19. The Morgan fingerprint density at radius 3 is 3.05 bits per heavy atom. The van der Waals surface area contributed by atoms with Gasteiger partial charge in [-0.1, -0.05) is 18.2 Å². The molecule has 1 heterocycles. The first-order chi connectivity index (χ1) is 10.2. The number of amides is 1. The predicted molar refractivity (Wildman–Crippen MR) is 79.3 cm³/mol. The predicted octanol–water partition coefficient (Wildman–Crippen LogP) is 1.80. The fourth-order valence-electron chi connectivity index (χ4n) is 2.70. The summed E-state index contributed by atoms with van der Waals surface area (Å²) in [5, 5.41) is 2.88. The third-order valence-corrected chi connectivity index (χ3v) is 3.83. The second kappa shape index (κ2) is 8.10. The van der Waals surface area contributed by atoms with Crippen LogP contribution >= 0.6 is 0 Å². The summed E-state index contributed by atoms with van der Waals surface area (Å²) in [6.45, 7) is 3.23. The molecule has 1 aromatic rings. The number of nitrogens with zero attached hydrogens (tertiary/aromatic N) is 1. The summed E-state index contributed by atoms with van der Waals surface area (Å²) in [7, 11) is 1.61. The molecule has 0 bridgehead atoms. The van der Waals surface area contributed by atoms with Gasteiger partial charge in [0.2, 0.25) is 5.91 Å². The van der Waals surface area contributed by atoms with Crippen molar-refractivity contribution in [3.8, 4) is 0 Å². The molecule has 1 fully saturated rings. The Hall–Kier alpha value is -1.46. The van der Waals surface area contributed by atoms with E-state index in [0.29, 0.717) is 31.8 Å². The van der Waals surface area contributed by atoms with Crippen LogP contribution in [0.15, 0.2) is 24.3 Å². The van der Waals surface area contributed by atoms with E-state index in [2.05, 4.69) is 10.2 Å². The quantitative estimate of drug-likeness (QED) is 0.814. The van der Waals surface area contributed by atoms with E-state index in [0.717, 1.165) is 19.4 Å². The number of benzene rings is 1. The largest absolute Gasteiger partial charge is 0.383 e. The number of hydrogen-bond donors (Lipinski definition) is 1. The molecule has 1 N–H and O–H groups in total. The van der Waals surface area contributed by atoms with Crippen LogP contribution < -0.4 is 5.32 Å². The first kappa shape index (κ1) is 15.9. The average molecular weight is 294 g/mol. The highest BCUT2D eigenvalue weighted by Gasteiger charge is 2.25. The Bertz CT molecular complexity index is 467. The highest BCUT2D eigenvalue weighted by molar-refractivity contribution is 5.78. The Kier molecular flexibility index (Phi) is 6.14. The lowest BCUT2D eigenvalue weighted by Gasteiger charge is -2.32. The summed E-state index contributed by atoms with van der Waals surface area (Å²) >= 11 is 0. The molecule has 116 valence electrons. The van der Waals surface area contributed by atoms with Crippen molar-refractivity contribution in [2.24, 2.45) is 5.92 Å². The third kappa shape index (κ3) is 4.79. The van der Waals surface area contributed by atoms with Crippen molar-refractivity contribution in [1.82, 2.24) is 10.2 Å². The van der Waals surface area contributed by atoms with Crippen molar-refractivity contribution >= 4 is 5.91 Å². The van der Waals surface area contributed by atoms with Crippen molar-refractivity contribution in [1.29, 1.82) is 0 Å². The summed E-state index contributed by atoms with van der Waals surface area (Å²) < 4.78 is 18.6. The number of ether oxygens (including phenoxy) is 1. The average Bonchev–Trinajstić information content (AvgIpc) is 2.50. The van der Waals surface area contributed by atoms with E-state index in [1.54, 1.807) is 19.2 Å². The molecule has 4 nitrogen and oxygen atoms in total. The highest BCUT2D eigenvalue weighted by atomic mass is 19.1. The first-order valence-electron chi connectivity index (χ1n) is 7.43. The number of nitrogens with one attached hydrogen (secondary N) is 1. The topological polar surface area (TPSA) is 41.6 Å². The lowest BCUT2D eigenvalue weighted by Crippen LogP contribution is -2.43. The molecule has 1 aliphatic heterocycles. The SMILES string of the molecule is COCCNC(=O)C1CCCN(Cc2ccccc2F)C1. The Labute approximate surface area is 125 Å². The van der Waals surface area contributed by atoms with Crippen LogP contribution in [0.5, 0.6) is 0 Å². The molecule has 0 radical (unpaired) electrons. The Morgan fingerprint density at radius 1 is 1.48 bits per heavy atom. The van der Waals surface area contributed by atoms with Crippen LogP contribution in [0.2, 0.25) is 0 Å². The maximum absolute atomic E-state index is 13.7. The summed E-state index contributed by atoms with van der Waals surface area (Å²) in [6, 6.07) is 6.82. The molecule has 0 spiro atoms. The summed E-state index contributed by atoms with van der Waals surface area (Å²) in [5.74, 6) is -0.114. The second-order valence-corrected chi connectivity index (χ2v) is 5.45. The van der Waals surface area contributed by atoms with Crippen molar-refractivity contribution in [3.05, 3.63) is 35.6 Å². The van der Waals surface area contributed by atoms with Gasteiger partial charge >= 0.3 is 0 Å². The van der Waals surface area contributed by atoms with Gasteiger partial charge in [0, 0.05) is 32.3 Å². The molecule has 1 aliphatic rings. The minimum atomic E-state index is -0.177. The maximum Gasteiger partial charge on any atom is 0.224 e. The van der Waals surface area contributed by atoms with E-state index in [-0.39, 0.29) is 17.6 Å². The number of piperidine rings is 1. The van der Waals surface area contributed by atoms with Gasteiger partial charge in [-0.3, -0.25) is 9.69 Å². The van der Waals surface area contributed by atoms with Crippen LogP contribution in [0.25, 0.3) is 0 Å². The van der Waals surface area contributed by atoms with Crippen LogP contribution in [0, 0.1) is 11.7 Å². The zero-order chi connectivity index (χ0) is 15.1. The van der Waals surface area contributed by atoms with Gasteiger partial charge in [-0.2, -0.15) is 0 Å². The van der Waals surface area contributed by atoms with E-state index in [9.17, 15) is 9.18 Å². The molecule has 1 atom stereocenters. The standard InChI is InChI=1S/C16H23FN2O2/c1-21-10-8-18-16(20)14-6-4-9-19(12-14)11-13-5-2-3-7-15(13)17/h2-3,5,7,14H,4,6,8-12H2,1H3,(H,18,20). The molecule has 1 unspecified atom stereocenters. The molecule has 0 aliphatic carbocycles. The lowest BCUT2D eigenvalue weighted by atomic mass is 9.96. The van der Waals surface area contributed by atoms with Gasteiger partial charge in [0.05, 0.1) is 12.5 Å². The maximum atomic E-state index is 13.7. The smallest absolute Gasteiger partial charge is 0.224 e. The first-order valence-corrected chi connectivity index (χ1v) is 7.43. The Morgan fingerprint density at radius 2 is 2.29 bits per heavy atom. The number of carbonyl (C=O) groups is 1. The van der Waals surface area contributed by atoms with Gasteiger partial charge in [-0.05, 0) is 25.5 Å².